The van der Waals surface area contributed by atoms with E-state index in [0.29, 0.717) is 12.8 Å². The molecular formula is C59H103NO18. The van der Waals surface area contributed by atoms with E-state index >= 15 is 0 Å². The van der Waals surface area contributed by atoms with Crippen LogP contribution in [0, 0.1) is 0 Å². The highest BCUT2D eigenvalue weighted by molar-refractivity contribution is 5.76. The maximum absolute atomic E-state index is 13.3. The van der Waals surface area contributed by atoms with Gasteiger partial charge >= 0.3 is 0 Å². The van der Waals surface area contributed by atoms with Crippen molar-refractivity contribution in [2.24, 2.45) is 0 Å². The third-order valence-electron chi connectivity index (χ3n) is 14.6. The number of amides is 1. The molecule has 452 valence electrons. The number of allylic oxidation sites excluding steroid dienone is 10. The highest BCUT2D eigenvalue weighted by Gasteiger charge is 2.53. The average Bonchev–Trinajstić information content (AvgIpc) is 3.49. The lowest BCUT2D eigenvalue weighted by Crippen LogP contribution is -2.66. The first-order chi connectivity index (χ1) is 37.8. The lowest BCUT2D eigenvalue weighted by molar-refractivity contribution is -0.379. The van der Waals surface area contributed by atoms with Gasteiger partial charge in [-0.1, -0.05) is 171 Å². The summed E-state index contributed by atoms with van der Waals surface area (Å²) < 4.78 is 34.2. The van der Waals surface area contributed by atoms with Crippen molar-refractivity contribution in [1.29, 1.82) is 0 Å². The minimum Gasteiger partial charge on any atom is -0.394 e. The first-order valence-corrected chi connectivity index (χ1v) is 29.5. The molecule has 0 aromatic rings. The molecule has 3 heterocycles. The smallest absolute Gasteiger partial charge is 0.220 e. The van der Waals surface area contributed by atoms with Crippen LogP contribution in [0.25, 0.3) is 0 Å². The Labute approximate surface area is 465 Å². The normalized spacial score (nSPS) is 30.9. The second kappa shape index (κ2) is 42.3. The number of nitrogens with one attached hydrogen (secondary N) is 1. The second-order valence-electron chi connectivity index (χ2n) is 21.1. The van der Waals surface area contributed by atoms with Gasteiger partial charge in [0.25, 0.3) is 0 Å². The van der Waals surface area contributed by atoms with Gasteiger partial charge in [-0.05, 0) is 57.8 Å². The molecule has 19 nitrogen and oxygen atoms in total. The summed E-state index contributed by atoms with van der Waals surface area (Å²) in [6.45, 7) is 1.62. The van der Waals surface area contributed by atoms with E-state index in [1.807, 2.05) is 0 Å². The van der Waals surface area contributed by atoms with Crippen molar-refractivity contribution in [3.63, 3.8) is 0 Å². The highest BCUT2D eigenvalue weighted by atomic mass is 16.8. The molecule has 0 aromatic heterocycles. The van der Waals surface area contributed by atoms with Crippen LogP contribution in [0.2, 0.25) is 0 Å². The number of carbonyl (C=O) groups is 1. The molecule has 3 saturated heterocycles. The number of unbranched alkanes of at least 4 members (excludes halogenated alkanes) is 16. The van der Waals surface area contributed by atoms with Gasteiger partial charge in [0.05, 0.1) is 38.6 Å². The quantitative estimate of drug-likeness (QED) is 0.0287. The minimum atomic E-state index is -1.97. The molecule has 0 spiro atoms. The molecule has 12 N–H and O–H groups in total. The Kier molecular flexibility index (Phi) is 37.9. The van der Waals surface area contributed by atoms with E-state index in [4.69, 9.17) is 28.4 Å². The number of ether oxygens (including phenoxy) is 6. The molecule has 3 rings (SSSR count). The second-order valence-corrected chi connectivity index (χ2v) is 21.1. The minimum absolute atomic E-state index is 0.250. The van der Waals surface area contributed by atoms with E-state index in [1.54, 1.807) is 0 Å². The first kappa shape index (κ1) is 69.8. The van der Waals surface area contributed by atoms with Gasteiger partial charge in [-0.3, -0.25) is 4.79 Å². The van der Waals surface area contributed by atoms with Crippen molar-refractivity contribution >= 4 is 5.91 Å². The van der Waals surface area contributed by atoms with E-state index in [0.717, 1.165) is 103 Å². The molecule has 17 atom stereocenters. The van der Waals surface area contributed by atoms with Crippen LogP contribution in [0.5, 0.6) is 0 Å². The Balaban J connectivity index is 1.46. The molecule has 3 aliphatic heterocycles. The molecule has 0 aromatic carbocycles. The summed E-state index contributed by atoms with van der Waals surface area (Å²) in [5.41, 5.74) is 0. The fraction of sp³-hybridized carbons (Fsp3) is 0.814. The average molecular weight is 1110 g/mol. The van der Waals surface area contributed by atoms with Gasteiger partial charge < -0.3 is 89.9 Å². The van der Waals surface area contributed by atoms with Gasteiger partial charge in [-0.2, -0.15) is 0 Å². The lowest BCUT2D eigenvalue weighted by Gasteiger charge is -2.48. The molecule has 0 radical (unpaired) electrons. The molecule has 1 amide bonds. The van der Waals surface area contributed by atoms with Crippen molar-refractivity contribution in [3.05, 3.63) is 60.8 Å². The molecule has 0 aliphatic carbocycles. The maximum atomic E-state index is 13.3. The summed E-state index contributed by atoms with van der Waals surface area (Å²) in [4.78, 5) is 13.3. The number of hydrogen-bond donors (Lipinski definition) is 12. The maximum Gasteiger partial charge on any atom is 0.220 e. The van der Waals surface area contributed by atoms with Crippen LogP contribution >= 0.6 is 0 Å². The van der Waals surface area contributed by atoms with Crippen molar-refractivity contribution in [3.8, 4) is 0 Å². The number of aliphatic hydroxyl groups is 11. The van der Waals surface area contributed by atoms with Crippen molar-refractivity contribution in [2.45, 2.75) is 279 Å². The molecule has 3 aliphatic rings. The molecular weight excluding hydrogens is 1010 g/mol. The van der Waals surface area contributed by atoms with Gasteiger partial charge in [0.2, 0.25) is 5.91 Å². The molecule has 17 unspecified atom stereocenters. The zero-order chi connectivity index (χ0) is 56.9. The summed E-state index contributed by atoms with van der Waals surface area (Å²) in [5.74, 6) is -0.259. The number of aliphatic hydroxyl groups excluding tert-OH is 11. The van der Waals surface area contributed by atoms with Gasteiger partial charge in [0, 0.05) is 6.42 Å². The van der Waals surface area contributed by atoms with Crippen LogP contribution in [0.15, 0.2) is 60.8 Å². The summed E-state index contributed by atoms with van der Waals surface area (Å²) in [5, 5.41) is 120. The lowest BCUT2D eigenvalue weighted by atomic mass is 9.96. The predicted octanol–water partition coefficient (Wildman–Crippen LogP) is 4.87. The van der Waals surface area contributed by atoms with Gasteiger partial charge in [-0.25, -0.2) is 0 Å². The van der Waals surface area contributed by atoms with Crippen LogP contribution in [-0.2, 0) is 33.2 Å². The first-order valence-electron chi connectivity index (χ1n) is 29.5. The van der Waals surface area contributed by atoms with Crippen LogP contribution in [0.3, 0.4) is 0 Å². The van der Waals surface area contributed by atoms with E-state index in [-0.39, 0.29) is 18.9 Å². The Morgan fingerprint density at radius 3 is 1.38 bits per heavy atom. The zero-order valence-corrected chi connectivity index (χ0v) is 46.9. The summed E-state index contributed by atoms with van der Waals surface area (Å²) in [7, 11) is 0. The Hall–Kier alpha value is -2.51. The molecule has 0 saturated carbocycles. The molecule has 0 bridgehead atoms. The topological polar surface area (TPSA) is 307 Å². The van der Waals surface area contributed by atoms with E-state index in [1.165, 1.54) is 38.5 Å². The van der Waals surface area contributed by atoms with Gasteiger partial charge in [0.1, 0.15) is 73.2 Å². The van der Waals surface area contributed by atoms with Crippen LogP contribution in [0.4, 0.5) is 0 Å². The number of carbonyl (C=O) groups excluding carboxylic acids is 1. The third kappa shape index (κ3) is 26.2. The van der Waals surface area contributed by atoms with Crippen molar-refractivity contribution in [2.75, 3.05) is 26.4 Å². The highest BCUT2D eigenvalue weighted by Crippen LogP contribution is 2.33. The third-order valence-corrected chi connectivity index (χ3v) is 14.6. The Morgan fingerprint density at radius 1 is 0.474 bits per heavy atom. The SMILES string of the molecule is CC/C=C\C/C=C\C/C=C\C/C=C\C/C=C\CCCCCCCCCC(=O)NC(COC1OC(CO)C(OC2OC(CO)C(OC3OC(CO)C(O)C(O)C3O)C(O)C2O)C(O)C1O)C(O)CCCCCCCCCCCC. The fourth-order valence-corrected chi connectivity index (χ4v) is 9.75. The standard InChI is InChI=1S/C59H103NO18/c1-3-5-7-9-11-13-15-16-17-18-19-20-21-22-23-24-25-26-27-29-31-33-35-37-47(65)60-42(43(64)36-34-32-30-28-14-12-10-8-6-4-2)41-73-57-53(71)50(68)55(45(39-62)75-57)78-59-54(72)51(69)56(46(40-63)76-59)77-58-52(70)49(67)48(66)44(38-61)74-58/h5,7,11,13,16-17,19-20,22-23,42-46,48-59,61-64,66-72H,3-4,6,8-10,12,14-15,18,21,24-41H2,1-2H3,(H,60,65)/b7-5-,13-11-,17-16-,20-19-,23-22-. The summed E-state index contributed by atoms with van der Waals surface area (Å²) in [6, 6.07) is -0.894. The molecule has 19 heteroatoms. The molecule has 3 fully saturated rings. The van der Waals surface area contributed by atoms with Gasteiger partial charge in [-0.15, -0.1) is 0 Å². The predicted molar refractivity (Wildman–Crippen MR) is 295 cm³/mol. The Bertz CT molecular complexity index is 1660. The van der Waals surface area contributed by atoms with E-state index in [9.17, 15) is 61.0 Å². The summed E-state index contributed by atoms with van der Waals surface area (Å²) in [6.07, 6.45) is 20.3. The van der Waals surface area contributed by atoms with E-state index in [2.05, 4.69) is 79.9 Å². The van der Waals surface area contributed by atoms with Gasteiger partial charge in [0.15, 0.2) is 18.9 Å². The summed E-state index contributed by atoms with van der Waals surface area (Å²) >= 11 is 0. The fourth-order valence-electron chi connectivity index (χ4n) is 9.75. The number of hydrogen-bond acceptors (Lipinski definition) is 18. The van der Waals surface area contributed by atoms with Crippen molar-refractivity contribution in [1.82, 2.24) is 5.32 Å². The Morgan fingerprint density at radius 2 is 0.885 bits per heavy atom. The van der Waals surface area contributed by atoms with Crippen LogP contribution in [-0.4, -0.2) is 193 Å². The van der Waals surface area contributed by atoms with Crippen LogP contribution < -0.4 is 5.32 Å². The zero-order valence-electron chi connectivity index (χ0n) is 46.9. The van der Waals surface area contributed by atoms with Crippen molar-refractivity contribution < 1.29 is 89.4 Å². The van der Waals surface area contributed by atoms with E-state index < -0.39 is 124 Å². The number of rotatable bonds is 42. The largest absolute Gasteiger partial charge is 0.394 e. The molecule has 78 heavy (non-hydrogen) atoms. The monoisotopic (exact) mass is 1110 g/mol. The van der Waals surface area contributed by atoms with Crippen LogP contribution in [0.1, 0.15) is 174 Å².